The molecule has 1 saturated heterocycles. The molecule has 4 nitrogen and oxygen atoms in total. The first kappa shape index (κ1) is 16.2. The Labute approximate surface area is 128 Å². The van der Waals surface area contributed by atoms with Crippen LogP contribution in [0.1, 0.15) is 20.3 Å². The van der Waals surface area contributed by atoms with E-state index in [2.05, 4.69) is 5.32 Å². The van der Waals surface area contributed by atoms with E-state index in [-0.39, 0.29) is 29.0 Å². The Morgan fingerprint density at radius 2 is 2.24 bits per heavy atom. The minimum atomic E-state index is -0.439. The molecule has 6 heteroatoms. The number of hydrogen-bond acceptors (Lipinski definition) is 3. The van der Waals surface area contributed by atoms with Gasteiger partial charge in [-0.25, -0.2) is 4.39 Å². The van der Waals surface area contributed by atoms with Crippen molar-refractivity contribution in [3.63, 3.8) is 0 Å². The number of benzene rings is 1. The van der Waals surface area contributed by atoms with Crippen LogP contribution in [0.2, 0.25) is 5.02 Å². The molecule has 0 spiro atoms. The second-order valence-corrected chi connectivity index (χ2v) is 5.98. The van der Waals surface area contributed by atoms with Gasteiger partial charge in [-0.3, -0.25) is 9.69 Å². The van der Waals surface area contributed by atoms with Crippen LogP contribution in [0.4, 0.5) is 10.1 Å². The molecule has 2 N–H and O–H groups in total. The normalized spacial score (nSPS) is 22.0. The van der Waals surface area contributed by atoms with Gasteiger partial charge in [-0.2, -0.15) is 0 Å². The molecule has 21 heavy (non-hydrogen) atoms. The Morgan fingerprint density at radius 1 is 1.52 bits per heavy atom. The molecule has 1 aromatic rings. The van der Waals surface area contributed by atoms with Gasteiger partial charge in [0.2, 0.25) is 5.91 Å². The minimum absolute atomic E-state index is 0.179. The number of aliphatic hydroxyl groups excluding tert-OH is 1. The molecule has 0 radical (unpaired) electrons. The highest BCUT2D eigenvalue weighted by Crippen LogP contribution is 2.25. The summed E-state index contributed by atoms with van der Waals surface area (Å²) in [4.78, 5) is 14.3. The maximum atomic E-state index is 13.0. The van der Waals surface area contributed by atoms with Crippen LogP contribution in [-0.4, -0.2) is 41.1 Å². The summed E-state index contributed by atoms with van der Waals surface area (Å²) in [5, 5.41) is 12.5. The first-order valence-electron chi connectivity index (χ1n) is 7.06. The number of nitrogens with one attached hydrogen (secondary N) is 1. The SMILES string of the molecule is CC(O)C1CCN(C(C)C(=O)Nc2ccc(F)cc2Cl)C1. The quantitative estimate of drug-likeness (QED) is 0.898. The van der Waals surface area contributed by atoms with E-state index in [0.29, 0.717) is 12.2 Å². The first-order valence-corrected chi connectivity index (χ1v) is 7.44. The summed E-state index contributed by atoms with van der Waals surface area (Å²) >= 11 is 5.90. The molecule has 2 rings (SSSR count). The maximum Gasteiger partial charge on any atom is 0.241 e. The third kappa shape index (κ3) is 3.93. The number of carbonyl (C=O) groups excluding carboxylic acids is 1. The average molecular weight is 315 g/mol. The lowest BCUT2D eigenvalue weighted by Gasteiger charge is -2.24. The van der Waals surface area contributed by atoms with E-state index in [1.54, 1.807) is 6.92 Å². The lowest BCUT2D eigenvalue weighted by molar-refractivity contribution is -0.120. The van der Waals surface area contributed by atoms with Gasteiger partial charge in [-0.05, 0) is 50.9 Å². The highest BCUT2D eigenvalue weighted by Gasteiger charge is 2.31. The second kappa shape index (κ2) is 6.73. The van der Waals surface area contributed by atoms with Gasteiger partial charge in [0.25, 0.3) is 0 Å². The fourth-order valence-electron chi connectivity index (χ4n) is 2.55. The van der Waals surface area contributed by atoms with Crippen LogP contribution in [-0.2, 0) is 4.79 Å². The zero-order valence-electron chi connectivity index (χ0n) is 12.1. The summed E-state index contributed by atoms with van der Waals surface area (Å²) in [6.07, 6.45) is 0.517. The fraction of sp³-hybridized carbons (Fsp3) is 0.533. The standard InChI is InChI=1S/C15H20ClFN2O2/c1-9(19-6-5-11(8-19)10(2)20)15(21)18-14-4-3-12(17)7-13(14)16/h3-4,7,9-11,20H,5-6,8H2,1-2H3,(H,18,21). The van der Waals surface area contributed by atoms with Crippen LogP contribution in [0.15, 0.2) is 18.2 Å². The topological polar surface area (TPSA) is 52.6 Å². The van der Waals surface area contributed by atoms with Gasteiger partial charge in [0.1, 0.15) is 5.82 Å². The molecular formula is C15H20ClFN2O2. The number of aliphatic hydroxyl groups is 1. The Kier molecular flexibility index (Phi) is 5.19. The Morgan fingerprint density at radius 3 is 2.81 bits per heavy atom. The van der Waals surface area contributed by atoms with Gasteiger partial charge in [-0.15, -0.1) is 0 Å². The predicted octanol–water partition coefficient (Wildman–Crippen LogP) is 2.51. The number of nitrogens with zero attached hydrogens (tertiary/aromatic N) is 1. The molecule has 1 amide bonds. The van der Waals surface area contributed by atoms with Crippen molar-refractivity contribution in [2.24, 2.45) is 5.92 Å². The van der Waals surface area contributed by atoms with Crippen LogP contribution < -0.4 is 5.32 Å². The summed E-state index contributed by atoms with van der Waals surface area (Å²) < 4.78 is 13.0. The molecular weight excluding hydrogens is 295 g/mol. The minimum Gasteiger partial charge on any atom is -0.393 e. The summed E-state index contributed by atoms with van der Waals surface area (Å²) in [6, 6.07) is 3.55. The summed E-state index contributed by atoms with van der Waals surface area (Å²) in [7, 11) is 0. The van der Waals surface area contributed by atoms with Crippen molar-refractivity contribution in [2.75, 3.05) is 18.4 Å². The largest absolute Gasteiger partial charge is 0.393 e. The van der Waals surface area contributed by atoms with Gasteiger partial charge in [0.05, 0.1) is 22.9 Å². The third-order valence-electron chi connectivity index (χ3n) is 4.05. The zero-order chi connectivity index (χ0) is 15.6. The van der Waals surface area contributed by atoms with Crippen molar-refractivity contribution in [3.8, 4) is 0 Å². The van der Waals surface area contributed by atoms with Crippen molar-refractivity contribution >= 4 is 23.2 Å². The maximum absolute atomic E-state index is 13.0. The number of hydrogen-bond donors (Lipinski definition) is 2. The van der Waals surface area contributed by atoms with E-state index in [9.17, 15) is 14.3 Å². The van der Waals surface area contributed by atoms with Crippen LogP contribution in [0.5, 0.6) is 0 Å². The van der Waals surface area contributed by atoms with Gasteiger partial charge >= 0.3 is 0 Å². The van der Waals surface area contributed by atoms with Gasteiger partial charge < -0.3 is 10.4 Å². The molecule has 0 aromatic heterocycles. The van der Waals surface area contributed by atoms with E-state index in [1.807, 2.05) is 11.8 Å². The van der Waals surface area contributed by atoms with Gasteiger partial charge in [0, 0.05) is 6.54 Å². The van der Waals surface area contributed by atoms with E-state index in [1.165, 1.54) is 18.2 Å². The molecule has 1 aliphatic heterocycles. The molecule has 0 bridgehead atoms. The zero-order valence-corrected chi connectivity index (χ0v) is 12.9. The number of anilines is 1. The molecule has 1 fully saturated rings. The van der Waals surface area contributed by atoms with E-state index < -0.39 is 5.82 Å². The average Bonchev–Trinajstić information content (AvgIpc) is 2.90. The second-order valence-electron chi connectivity index (χ2n) is 5.57. The fourth-order valence-corrected chi connectivity index (χ4v) is 2.77. The number of amides is 1. The number of halogens is 2. The van der Waals surface area contributed by atoms with Crippen molar-refractivity contribution in [1.29, 1.82) is 0 Å². The van der Waals surface area contributed by atoms with E-state index in [4.69, 9.17) is 11.6 Å². The van der Waals surface area contributed by atoms with Crippen molar-refractivity contribution in [3.05, 3.63) is 29.0 Å². The lowest BCUT2D eigenvalue weighted by Crippen LogP contribution is -2.41. The Hall–Kier alpha value is -1.17. The van der Waals surface area contributed by atoms with Crippen LogP contribution in [0.25, 0.3) is 0 Å². The van der Waals surface area contributed by atoms with Gasteiger partial charge in [-0.1, -0.05) is 11.6 Å². The van der Waals surface area contributed by atoms with Crippen molar-refractivity contribution in [1.82, 2.24) is 4.90 Å². The number of carbonyl (C=O) groups is 1. The summed E-state index contributed by atoms with van der Waals surface area (Å²) in [5.74, 6) is -0.422. The molecule has 0 aliphatic carbocycles. The highest BCUT2D eigenvalue weighted by atomic mass is 35.5. The third-order valence-corrected chi connectivity index (χ3v) is 4.37. The molecule has 3 unspecified atom stereocenters. The van der Waals surface area contributed by atoms with E-state index in [0.717, 1.165) is 13.0 Å². The molecule has 1 aliphatic rings. The molecule has 1 aromatic carbocycles. The van der Waals surface area contributed by atoms with Crippen molar-refractivity contribution < 1.29 is 14.3 Å². The Balaban J connectivity index is 1.97. The summed E-state index contributed by atoms with van der Waals surface area (Å²) in [5.41, 5.74) is 0.404. The number of likely N-dealkylation sites (tertiary alicyclic amines) is 1. The van der Waals surface area contributed by atoms with Crippen LogP contribution in [0, 0.1) is 11.7 Å². The molecule has 1 heterocycles. The monoisotopic (exact) mass is 314 g/mol. The van der Waals surface area contributed by atoms with E-state index >= 15 is 0 Å². The van der Waals surface area contributed by atoms with Crippen LogP contribution >= 0.6 is 11.6 Å². The highest BCUT2D eigenvalue weighted by molar-refractivity contribution is 6.33. The van der Waals surface area contributed by atoms with Crippen LogP contribution in [0.3, 0.4) is 0 Å². The molecule has 3 atom stereocenters. The lowest BCUT2D eigenvalue weighted by atomic mass is 10.0. The molecule has 116 valence electrons. The molecule has 0 saturated carbocycles. The smallest absolute Gasteiger partial charge is 0.241 e. The Bertz CT molecular complexity index is 524. The first-order chi connectivity index (χ1) is 9.88. The van der Waals surface area contributed by atoms with Gasteiger partial charge in [0.15, 0.2) is 0 Å². The number of rotatable bonds is 4. The summed E-state index contributed by atoms with van der Waals surface area (Å²) in [6.45, 7) is 5.07. The van der Waals surface area contributed by atoms with Crippen molar-refractivity contribution in [2.45, 2.75) is 32.4 Å². The predicted molar refractivity (Wildman–Crippen MR) is 80.9 cm³/mol.